The van der Waals surface area contributed by atoms with Crippen molar-refractivity contribution < 1.29 is 18.7 Å². The van der Waals surface area contributed by atoms with Crippen LogP contribution in [-0.2, 0) is 22.6 Å². The molecule has 0 aliphatic carbocycles. The lowest BCUT2D eigenvalue weighted by atomic mass is 10.0. The first-order chi connectivity index (χ1) is 16.9. The van der Waals surface area contributed by atoms with Crippen molar-refractivity contribution in [1.82, 2.24) is 9.80 Å². The van der Waals surface area contributed by atoms with E-state index in [0.29, 0.717) is 31.3 Å². The van der Waals surface area contributed by atoms with E-state index in [2.05, 4.69) is 19.2 Å². The SMILES string of the molecule is COCCN(CC(=O)N(Cc1ccc(F)cc1)Cc1cccs1)C(=O)Nc1ccc(C(C)C)cc1. The van der Waals surface area contributed by atoms with E-state index in [4.69, 9.17) is 4.74 Å². The second kappa shape index (κ2) is 13.0. The number of anilines is 1. The fourth-order valence-electron chi connectivity index (χ4n) is 3.50. The highest BCUT2D eigenvalue weighted by Crippen LogP contribution is 2.18. The molecule has 6 nitrogen and oxygen atoms in total. The smallest absolute Gasteiger partial charge is 0.322 e. The molecular formula is C27H32FN3O3S. The van der Waals surface area contributed by atoms with E-state index in [0.717, 1.165) is 10.4 Å². The molecule has 1 N–H and O–H groups in total. The summed E-state index contributed by atoms with van der Waals surface area (Å²) in [5.41, 5.74) is 2.66. The zero-order valence-electron chi connectivity index (χ0n) is 20.4. The highest BCUT2D eigenvalue weighted by atomic mass is 32.1. The van der Waals surface area contributed by atoms with Gasteiger partial charge in [0.25, 0.3) is 0 Å². The monoisotopic (exact) mass is 497 g/mol. The number of ether oxygens (including phenoxy) is 1. The van der Waals surface area contributed by atoms with Crippen LogP contribution in [0.4, 0.5) is 14.9 Å². The lowest BCUT2D eigenvalue weighted by Gasteiger charge is -2.27. The third kappa shape index (κ3) is 8.19. The second-order valence-corrected chi connectivity index (χ2v) is 9.61. The number of nitrogens with one attached hydrogen (secondary N) is 1. The predicted molar refractivity (Wildman–Crippen MR) is 138 cm³/mol. The lowest BCUT2D eigenvalue weighted by molar-refractivity contribution is -0.133. The molecule has 1 aromatic heterocycles. The Kier molecular flexibility index (Phi) is 9.81. The minimum atomic E-state index is -0.370. The summed E-state index contributed by atoms with van der Waals surface area (Å²) in [5, 5.41) is 4.84. The van der Waals surface area contributed by atoms with Crippen molar-refractivity contribution in [3.8, 4) is 0 Å². The van der Waals surface area contributed by atoms with Gasteiger partial charge in [0.2, 0.25) is 5.91 Å². The maximum Gasteiger partial charge on any atom is 0.322 e. The summed E-state index contributed by atoms with van der Waals surface area (Å²) >= 11 is 1.56. The molecule has 35 heavy (non-hydrogen) atoms. The number of benzene rings is 2. The van der Waals surface area contributed by atoms with Crippen LogP contribution >= 0.6 is 11.3 Å². The molecule has 0 aliphatic rings. The average Bonchev–Trinajstić information content (AvgIpc) is 3.36. The summed E-state index contributed by atoms with van der Waals surface area (Å²) in [7, 11) is 1.56. The molecule has 0 bridgehead atoms. The molecule has 0 saturated heterocycles. The highest BCUT2D eigenvalue weighted by Gasteiger charge is 2.22. The minimum Gasteiger partial charge on any atom is -0.383 e. The molecule has 3 amide bonds. The number of hydrogen-bond donors (Lipinski definition) is 1. The number of hydrogen-bond acceptors (Lipinski definition) is 4. The first-order valence-corrected chi connectivity index (χ1v) is 12.4. The number of amides is 3. The molecule has 3 aromatic rings. The van der Waals surface area contributed by atoms with Gasteiger partial charge in [-0.3, -0.25) is 4.79 Å². The number of rotatable bonds is 11. The van der Waals surface area contributed by atoms with Crippen molar-refractivity contribution in [2.24, 2.45) is 0 Å². The first-order valence-electron chi connectivity index (χ1n) is 11.5. The third-order valence-electron chi connectivity index (χ3n) is 5.57. The van der Waals surface area contributed by atoms with Gasteiger partial charge in [-0.1, -0.05) is 44.2 Å². The number of carbonyl (C=O) groups is 2. The van der Waals surface area contributed by atoms with Gasteiger partial charge >= 0.3 is 6.03 Å². The van der Waals surface area contributed by atoms with Gasteiger partial charge in [-0.05, 0) is 52.8 Å². The van der Waals surface area contributed by atoms with Gasteiger partial charge in [-0.2, -0.15) is 0 Å². The van der Waals surface area contributed by atoms with Gasteiger partial charge < -0.3 is 19.9 Å². The number of urea groups is 1. The van der Waals surface area contributed by atoms with E-state index in [-0.39, 0.29) is 30.8 Å². The van der Waals surface area contributed by atoms with E-state index >= 15 is 0 Å². The highest BCUT2D eigenvalue weighted by molar-refractivity contribution is 7.09. The van der Waals surface area contributed by atoms with Gasteiger partial charge in [0.1, 0.15) is 12.4 Å². The zero-order chi connectivity index (χ0) is 25.2. The zero-order valence-corrected chi connectivity index (χ0v) is 21.2. The molecule has 186 valence electrons. The Labute approximate surface area is 210 Å². The Balaban J connectivity index is 1.73. The Morgan fingerprint density at radius 1 is 1.00 bits per heavy atom. The van der Waals surface area contributed by atoms with E-state index < -0.39 is 0 Å². The summed E-state index contributed by atoms with van der Waals surface area (Å²) in [6.45, 7) is 5.40. The second-order valence-electron chi connectivity index (χ2n) is 8.58. The van der Waals surface area contributed by atoms with Crippen molar-refractivity contribution >= 4 is 29.0 Å². The Bertz CT molecular complexity index is 1070. The Morgan fingerprint density at radius 2 is 1.71 bits per heavy atom. The molecule has 0 unspecified atom stereocenters. The number of thiophene rings is 1. The van der Waals surface area contributed by atoms with Crippen LogP contribution in [0.1, 0.15) is 35.8 Å². The standard InChI is InChI=1S/C27H32FN3O3S/c1-20(2)22-8-12-24(13-9-22)29-27(33)30(14-15-34-3)19-26(32)31(18-25-5-4-16-35-25)17-21-6-10-23(28)11-7-21/h4-13,16,20H,14-15,17-19H2,1-3H3,(H,29,33). The molecule has 0 radical (unpaired) electrons. The van der Waals surface area contributed by atoms with Crippen molar-refractivity contribution in [1.29, 1.82) is 0 Å². The van der Waals surface area contributed by atoms with E-state index in [1.807, 2.05) is 41.8 Å². The molecule has 0 spiro atoms. The topological polar surface area (TPSA) is 61.9 Å². The van der Waals surface area contributed by atoms with Crippen molar-refractivity contribution in [3.63, 3.8) is 0 Å². The van der Waals surface area contributed by atoms with Gasteiger partial charge in [0.05, 0.1) is 13.2 Å². The third-order valence-corrected chi connectivity index (χ3v) is 6.43. The van der Waals surface area contributed by atoms with Gasteiger partial charge in [0, 0.05) is 30.8 Å². The number of halogens is 1. The van der Waals surface area contributed by atoms with Crippen LogP contribution < -0.4 is 5.32 Å². The molecule has 0 saturated carbocycles. The fourth-order valence-corrected chi connectivity index (χ4v) is 4.22. The molecular weight excluding hydrogens is 465 g/mol. The van der Waals surface area contributed by atoms with Crippen molar-refractivity contribution in [2.75, 3.05) is 32.1 Å². The largest absolute Gasteiger partial charge is 0.383 e. The normalized spacial score (nSPS) is 10.9. The molecule has 1 heterocycles. The predicted octanol–water partition coefficient (Wildman–Crippen LogP) is 5.72. The van der Waals surface area contributed by atoms with Crippen LogP contribution in [0.25, 0.3) is 0 Å². The van der Waals surface area contributed by atoms with Crippen LogP contribution in [0, 0.1) is 5.82 Å². The number of methoxy groups -OCH3 is 1. The van der Waals surface area contributed by atoms with Gasteiger partial charge in [0.15, 0.2) is 0 Å². The first kappa shape index (κ1) is 26.4. The van der Waals surface area contributed by atoms with Crippen molar-refractivity contribution in [3.05, 3.63) is 87.9 Å². The number of carbonyl (C=O) groups excluding carboxylic acids is 2. The average molecular weight is 498 g/mol. The van der Waals surface area contributed by atoms with E-state index in [1.54, 1.807) is 35.5 Å². The van der Waals surface area contributed by atoms with Gasteiger partial charge in [-0.15, -0.1) is 11.3 Å². The van der Waals surface area contributed by atoms with Crippen molar-refractivity contribution in [2.45, 2.75) is 32.9 Å². The number of nitrogens with zero attached hydrogens (tertiary/aromatic N) is 2. The fraction of sp³-hybridized carbons (Fsp3) is 0.333. The summed E-state index contributed by atoms with van der Waals surface area (Å²) in [6.07, 6.45) is 0. The summed E-state index contributed by atoms with van der Waals surface area (Å²) < 4.78 is 18.5. The van der Waals surface area contributed by atoms with Crippen LogP contribution in [0.15, 0.2) is 66.0 Å². The molecule has 2 aromatic carbocycles. The maximum absolute atomic E-state index is 13.4. The molecule has 8 heteroatoms. The van der Waals surface area contributed by atoms with Crippen LogP contribution in [0.5, 0.6) is 0 Å². The quantitative estimate of drug-likeness (QED) is 0.369. The summed E-state index contributed by atoms with van der Waals surface area (Å²) in [4.78, 5) is 30.6. The molecule has 3 rings (SSSR count). The summed E-state index contributed by atoms with van der Waals surface area (Å²) in [6, 6.07) is 17.3. The molecule has 0 atom stereocenters. The van der Waals surface area contributed by atoms with Gasteiger partial charge in [-0.25, -0.2) is 9.18 Å². The Hall–Kier alpha value is -3.23. The lowest BCUT2D eigenvalue weighted by Crippen LogP contribution is -2.45. The molecule has 0 fully saturated rings. The van der Waals surface area contributed by atoms with E-state index in [9.17, 15) is 14.0 Å². The Morgan fingerprint density at radius 3 is 2.31 bits per heavy atom. The van der Waals surface area contributed by atoms with Crippen LogP contribution in [0.2, 0.25) is 0 Å². The van der Waals surface area contributed by atoms with Crippen LogP contribution in [-0.4, -0.2) is 48.5 Å². The van der Waals surface area contributed by atoms with Crippen LogP contribution in [0.3, 0.4) is 0 Å². The van der Waals surface area contributed by atoms with E-state index in [1.165, 1.54) is 22.6 Å². The molecule has 0 aliphatic heterocycles. The minimum absolute atomic E-state index is 0.105. The maximum atomic E-state index is 13.4. The summed E-state index contributed by atoms with van der Waals surface area (Å²) in [5.74, 6) is -0.135.